The van der Waals surface area contributed by atoms with E-state index in [1.54, 1.807) is 7.11 Å². The van der Waals surface area contributed by atoms with Crippen molar-refractivity contribution in [2.24, 2.45) is 5.73 Å². The molecule has 1 aromatic rings. The number of rotatable bonds is 6. The monoisotopic (exact) mass is 250 g/mol. The molecule has 0 aliphatic rings. The maximum atomic E-state index is 5.74. The highest BCUT2D eigenvalue weighted by Gasteiger charge is 2.10. The lowest BCUT2D eigenvalue weighted by Crippen LogP contribution is -2.24. The van der Waals surface area contributed by atoms with Gasteiger partial charge in [-0.25, -0.2) is 0 Å². The van der Waals surface area contributed by atoms with Crippen molar-refractivity contribution in [2.45, 2.75) is 46.7 Å². The van der Waals surface area contributed by atoms with E-state index in [-0.39, 0.29) is 6.04 Å². The molecule has 0 spiro atoms. The van der Waals surface area contributed by atoms with Crippen molar-refractivity contribution in [3.63, 3.8) is 0 Å². The van der Waals surface area contributed by atoms with Crippen LogP contribution in [-0.4, -0.2) is 19.7 Å². The van der Waals surface area contributed by atoms with Crippen LogP contribution in [0, 0.1) is 20.8 Å². The van der Waals surface area contributed by atoms with Crippen LogP contribution in [0.2, 0.25) is 0 Å². The number of hydrogen-bond acceptors (Lipinski definition) is 3. The average Bonchev–Trinajstić information content (AvgIpc) is 2.32. The predicted molar refractivity (Wildman–Crippen MR) is 77.2 cm³/mol. The predicted octanol–water partition coefficient (Wildman–Crippen LogP) is 2.45. The lowest BCUT2D eigenvalue weighted by molar-refractivity contribution is 0.410. The van der Waals surface area contributed by atoms with Gasteiger partial charge in [-0.1, -0.05) is 0 Å². The third-order valence-corrected chi connectivity index (χ3v) is 3.51. The van der Waals surface area contributed by atoms with Gasteiger partial charge in [-0.05, 0) is 69.0 Å². The van der Waals surface area contributed by atoms with E-state index in [0.717, 1.165) is 25.3 Å². The Balaban J connectivity index is 2.74. The van der Waals surface area contributed by atoms with Crippen molar-refractivity contribution >= 4 is 0 Å². The van der Waals surface area contributed by atoms with Crippen molar-refractivity contribution in [2.75, 3.05) is 13.7 Å². The van der Waals surface area contributed by atoms with Gasteiger partial charge in [0.2, 0.25) is 0 Å². The van der Waals surface area contributed by atoms with Crippen molar-refractivity contribution in [1.29, 1.82) is 0 Å². The van der Waals surface area contributed by atoms with E-state index in [0.29, 0.717) is 0 Å². The molecule has 1 aromatic carbocycles. The molecular weight excluding hydrogens is 224 g/mol. The van der Waals surface area contributed by atoms with Gasteiger partial charge in [-0.3, -0.25) is 0 Å². The van der Waals surface area contributed by atoms with Gasteiger partial charge in [0.25, 0.3) is 0 Å². The summed E-state index contributed by atoms with van der Waals surface area (Å²) >= 11 is 0. The van der Waals surface area contributed by atoms with Gasteiger partial charge in [-0.2, -0.15) is 0 Å². The van der Waals surface area contributed by atoms with Crippen LogP contribution in [0.5, 0.6) is 5.75 Å². The second kappa shape index (κ2) is 6.76. The summed E-state index contributed by atoms with van der Waals surface area (Å²) in [6, 6.07) is 2.38. The normalized spacial score (nSPS) is 12.6. The van der Waals surface area contributed by atoms with E-state index < -0.39 is 0 Å². The van der Waals surface area contributed by atoms with E-state index in [1.807, 2.05) is 6.92 Å². The van der Waals surface area contributed by atoms with Gasteiger partial charge in [0, 0.05) is 12.6 Å². The fraction of sp³-hybridized carbons (Fsp3) is 0.600. The maximum absolute atomic E-state index is 5.74. The molecule has 0 aromatic heterocycles. The van der Waals surface area contributed by atoms with E-state index in [4.69, 9.17) is 10.5 Å². The lowest BCUT2D eigenvalue weighted by Gasteiger charge is -2.16. The van der Waals surface area contributed by atoms with Gasteiger partial charge in [0.1, 0.15) is 5.75 Å². The Morgan fingerprint density at radius 3 is 2.50 bits per heavy atom. The highest BCUT2D eigenvalue weighted by atomic mass is 16.5. The van der Waals surface area contributed by atoms with Gasteiger partial charge < -0.3 is 15.8 Å². The molecule has 3 nitrogen and oxygen atoms in total. The third kappa shape index (κ3) is 3.72. The number of aryl methyl sites for hydroxylation is 1. The highest BCUT2D eigenvalue weighted by molar-refractivity contribution is 5.48. The zero-order chi connectivity index (χ0) is 13.7. The zero-order valence-corrected chi connectivity index (χ0v) is 12.3. The summed E-state index contributed by atoms with van der Waals surface area (Å²) in [5.41, 5.74) is 10.9. The fourth-order valence-corrected chi connectivity index (χ4v) is 2.13. The standard InChI is InChI=1S/C15H26N2O/c1-10-8-15(18-5)13(4)12(3)14(10)9-17-7-6-11(2)16/h8,11,17H,6-7,9,16H2,1-5H3. The molecule has 0 bridgehead atoms. The van der Waals surface area contributed by atoms with E-state index in [2.05, 4.69) is 32.2 Å². The van der Waals surface area contributed by atoms with Gasteiger partial charge in [-0.15, -0.1) is 0 Å². The van der Waals surface area contributed by atoms with Gasteiger partial charge in [0.15, 0.2) is 0 Å². The number of nitrogens with one attached hydrogen (secondary N) is 1. The number of benzene rings is 1. The zero-order valence-electron chi connectivity index (χ0n) is 12.3. The van der Waals surface area contributed by atoms with Crippen molar-refractivity contribution in [1.82, 2.24) is 5.32 Å². The summed E-state index contributed by atoms with van der Waals surface area (Å²) in [5.74, 6) is 0.976. The van der Waals surface area contributed by atoms with E-state index in [1.165, 1.54) is 22.3 Å². The molecule has 1 rings (SSSR count). The largest absolute Gasteiger partial charge is 0.496 e. The minimum absolute atomic E-state index is 0.261. The topological polar surface area (TPSA) is 47.3 Å². The molecule has 0 amide bonds. The minimum Gasteiger partial charge on any atom is -0.496 e. The highest BCUT2D eigenvalue weighted by Crippen LogP contribution is 2.27. The Labute approximate surface area is 111 Å². The van der Waals surface area contributed by atoms with Crippen LogP contribution < -0.4 is 15.8 Å². The minimum atomic E-state index is 0.261. The summed E-state index contributed by atoms with van der Waals surface area (Å²) in [6.45, 7) is 10.3. The molecule has 1 atom stereocenters. The van der Waals surface area contributed by atoms with Crippen LogP contribution in [0.25, 0.3) is 0 Å². The molecule has 0 saturated carbocycles. The van der Waals surface area contributed by atoms with Gasteiger partial charge in [0.05, 0.1) is 7.11 Å². The van der Waals surface area contributed by atoms with Crippen molar-refractivity contribution in [3.8, 4) is 5.75 Å². The molecule has 0 aliphatic carbocycles. The molecule has 3 N–H and O–H groups in total. The number of nitrogens with two attached hydrogens (primary N) is 1. The summed E-state index contributed by atoms with van der Waals surface area (Å²) in [7, 11) is 1.72. The van der Waals surface area contributed by atoms with Crippen LogP contribution in [0.15, 0.2) is 6.07 Å². The molecule has 3 heteroatoms. The smallest absolute Gasteiger partial charge is 0.122 e. The quantitative estimate of drug-likeness (QED) is 0.762. The average molecular weight is 250 g/mol. The Bertz CT molecular complexity index is 400. The molecule has 18 heavy (non-hydrogen) atoms. The number of hydrogen-bond donors (Lipinski definition) is 2. The Morgan fingerprint density at radius 1 is 1.28 bits per heavy atom. The fourth-order valence-electron chi connectivity index (χ4n) is 2.13. The molecule has 1 unspecified atom stereocenters. The molecule has 0 aliphatic heterocycles. The Morgan fingerprint density at radius 2 is 1.94 bits per heavy atom. The molecule has 0 saturated heterocycles. The van der Waals surface area contributed by atoms with E-state index in [9.17, 15) is 0 Å². The van der Waals surface area contributed by atoms with Crippen LogP contribution in [0.3, 0.4) is 0 Å². The third-order valence-electron chi connectivity index (χ3n) is 3.51. The maximum Gasteiger partial charge on any atom is 0.122 e. The first-order valence-corrected chi connectivity index (χ1v) is 6.57. The summed E-state index contributed by atoms with van der Waals surface area (Å²) in [6.07, 6.45) is 1.01. The molecule has 102 valence electrons. The van der Waals surface area contributed by atoms with Crippen LogP contribution in [-0.2, 0) is 6.54 Å². The second-order valence-corrected chi connectivity index (χ2v) is 5.07. The van der Waals surface area contributed by atoms with E-state index >= 15 is 0 Å². The Hall–Kier alpha value is -1.06. The lowest BCUT2D eigenvalue weighted by atomic mass is 9.97. The Kier molecular flexibility index (Phi) is 5.63. The van der Waals surface area contributed by atoms with Crippen molar-refractivity contribution < 1.29 is 4.74 Å². The summed E-state index contributed by atoms with van der Waals surface area (Å²) < 4.78 is 5.38. The van der Waals surface area contributed by atoms with Crippen molar-refractivity contribution in [3.05, 3.63) is 28.3 Å². The molecule has 0 radical (unpaired) electrons. The summed E-state index contributed by atoms with van der Waals surface area (Å²) in [4.78, 5) is 0. The first kappa shape index (κ1) is 15.0. The molecule has 0 heterocycles. The van der Waals surface area contributed by atoms with Crippen LogP contribution in [0.1, 0.15) is 35.6 Å². The molecular formula is C15H26N2O. The number of methoxy groups -OCH3 is 1. The summed E-state index contributed by atoms with van der Waals surface area (Å²) in [5, 5.41) is 3.46. The van der Waals surface area contributed by atoms with Crippen LogP contribution >= 0.6 is 0 Å². The number of ether oxygens (including phenoxy) is 1. The first-order chi connectivity index (χ1) is 8.47. The second-order valence-electron chi connectivity index (χ2n) is 5.07. The van der Waals surface area contributed by atoms with Gasteiger partial charge >= 0.3 is 0 Å². The van der Waals surface area contributed by atoms with Crippen LogP contribution in [0.4, 0.5) is 0 Å². The molecule has 0 fully saturated rings. The first-order valence-electron chi connectivity index (χ1n) is 6.57. The SMILES string of the molecule is COc1cc(C)c(CNCCC(C)N)c(C)c1C.